The Morgan fingerprint density at radius 1 is 1.15 bits per heavy atom. The van der Waals surface area contributed by atoms with Crippen molar-refractivity contribution in [2.45, 2.75) is 26.8 Å². The van der Waals surface area contributed by atoms with Gasteiger partial charge in [0.1, 0.15) is 0 Å². The second-order valence-corrected chi connectivity index (χ2v) is 8.96. The molecule has 4 rings (SSSR count). The largest absolute Gasteiger partial charge is 0.379 e. The number of morpholine rings is 1. The molecule has 0 saturated carbocycles. The standard InChI is InChI=1S/C26H32N4O2S/c1-3-20-6-9-24-21(16-20)17-22(25(31)28-24)18-30(11-10-29-12-14-32-15-13-29)26(33)27-23-7-4-19(2)5-8-23/h4-9,16-17H,3,10-15,18H2,1-2H3,(H,27,33)(H,28,31). The fourth-order valence-corrected chi connectivity index (χ4v) is 4.30. The zero-order valence-corrected chi connectivity index (χ0v) is 20.2. The van der Waals surface area contributed by atoms with Crippen LogP contribution in [0.2, 0.25) is 0 Å². The van der Waals surface area contributed by atoms with Crippen LogP contribution in [0, 0.1) is 6.92 Å². The van der Waals surface area contributed by atoms with Gasteiger partial charge >= 0.3 is 0 Å². The normalized spacial score (nSPS) is 14.4. The lowest BCUT2D eigenvalue weighted by atomic mass is 10.1. The molecule has 1 aromatic heterocycles. The van der Waals surface area contributed by atoms with E-state index in [1.807, 2.05) is 24.3 Å². The lowest BCUT2D eigenvalue weighted by Crippen LogP contribution is -2.44. The molecule has 2 N–H and O–H groups in total. The Kier molecular flexibility index (Phi) is 7.75. The zero-order chi connectivity index (χ0) is 23.2. The summed E-state index contributed by atoms with van der Waals surface area (Å²) >= 11 is 5.79. The molecule has 7 heteroatoms. The molecule has 1 fully saturated rings. The minimum atomic E-state index is -0.0683. The fourth-order valence-electron chi connectivity index (χ4n) is 4.02. The maximum absolute atomic E-state index is 12.9. The summed E-state index contributed by atoms with van der Waals surface area (Å²) in [5, 5.41) is 5.02. The molecule has 0 unspecified atom stereocenters. The minimum absolute atomic E-state index is 0.0683. The van der Waals surface area contributed by atoms with Crippen LogP contribution in [-0.4, -0.2) is 59.3 Å². The van der Waals surface area contributed by atoms with Crippen molar-refractivity contribution in [3.8, 4) is 0 Å². The molecule has 33 heavy (non-hydrogen) atoms. The summed E-state index contributed by atoms with van der Waals surface area (Å²) in [5.74, 6) is 0. The van der Waals surface area contributed by atoms with Crippen LogP contribution in [0.4, 0.5) is 5.69 Å². The number of pyridine rings is 1. The van der Waals surface area contributed by atoms with Gasteiger partial charge < -0.3 is 19.9 Å². The molecule has 1 saturated heterocycles. The van der Waals surface area contributed by atoms with Crippen LogP contribution in [0.3, 0.4) is 0 Å². The molecular formula is C26H32N4O2S. The number of anilines is 1. The molecule has 2 aromatic carbocycles. The number of aromatic amines is 1. The first kappa shape index (κ1) is 23.4. The van der Waals surface area contributed by atoms with Gasteiger partial charge in [-0.1, -0.05) is 30.7 Å². The molecule has 6 nitrogen and oxygen atoms in total. The molecule has 0 amide bonds. The van der Waals surface area contributed by atoms with Gasteiger partial charge in [-0.15, -0.1) is 0 Å². The van der Waals surface area contributed by atoms with Crippen molar-refractivity contribution in [2.24, 2.45) is 0 Å². The summed E-state index contributed by atoms with van der Waals surface area (Å²) in [6, 6.07) is 16.4. The lowest BCUT2D eigenvalue weighted by molar-refractivity contribution is 0.0358. The molecule has 0 bridgehead atoms. The third-order valence-electron chi connectivity index (χ3n) is 6.13. The highest BCUT2D eigenvalue weighted by molar-refractivity contribution is 7.80. The number of benzene rings is 2. The Morgan fingerprint density at radius 3 is 2.64 bits per heavy atom. The SMILES string of the molecule is CCc1ccc2[nH]c(=O)c(CN(CCN3CCOCC3)C(=S)Nc3ccc(C)cc3)cc2c1. The average molecular weight is 465 g/mol. The van der Waals surface area contributed by atoms with Crippen molar-refractivity contribution in [1.82, 2.24) is 14.8 Å². The topological polar surface area (TPSA) is 60.6 Å². The molecule has 0 radical (unpaired) electrons. The van der Waals surface area contributed by atoms with Crippen LogP contribution < -0.4 is 10.9 Å². The first-order valence-corrected chi connectivity index (χ1v) is 12.0. The monoisotopic (exact) mass is 464 g/mol. The van der Waals surface area contributed by atoms with Gasteiger partial charge in [-0.3, -0.25) is 9.69 Å². The highest BCUT2D eigenvalue weighted by Crippen LogP contribution is 2.16. The maximum atomic E-state index is 12.9. The number of hydrogen-bond donors (Lipinski definition) is 2. The number of thiocarbonyl (C=S) groups is 1. The van der Waals surface area contributed by atoms with Gasteiger partial charge in [-0.05, 0) is 66.8 Å². The average Bonchev–Trinajstić information content (AvgIpc) is 2.83. The lowest BCUT2D eigenvalue weighted by Gasteiger charge is -2.31. The Labute approximate surface area is 200 Å². The van der Waals surface area contributed by atoms with Crippen LogP contribution in [0.15, 0.2) is 53.3 Å². The predicted molar refractivity (Wildman–Crippen MR) is 139 cm³/mol. The number of H-pyrrole nitrogens is 1. The molecule has 1 aliphatic rings. The van der Waals surface area contributed by atoms with E-state index in [1.165, 1.54) is 11.1 Å². The third-order valence-corrected chi connectivity index (χ3v) is 6.50. The van der Waals surface area contributed by atoms with Gasteiger partial charge in [0.05, 0.1) is 19.8 Å². The summed E-state index contributed by atoms with van der Waals surface area (Å²) in [6.45, 7) is 9.60. The Hall–Kier alpha value is -2.74. The quantitative estimate of drug-likeness (QED) is 0.517. The van der Waals surface area contributed by atoms with Gasteiger partial charge in [-0.25, -0.2) is 0 Å². The second kappa shape index (κ2) is 10.9. The number of nitrogens with one attached hydrogen (secondary N) is 2. The van der Waals surface area contributed by atoms with Crippen LogP contribution in [-0.2, 0) is 17.7 Å². The number of nitrogens with zero attached hydrogens (tertiary/aromatic N) is 2. The Balaban J connectivity index is 1.56. The van der Waals surface area contributed by atoms with E-state index < -0.39 is 0 Å². The van der Waals surface area contributed by atoms with E-state index in [4.69, 9.17) is 17.0 Å². The number of aryl methyl sites for hydroxylation is 2. The van der Waals surface area contributed by atoms with Crippen molar-refractivity contribution in [3.05, 3.63) is 75.6 Å². The number of hydrogen-bond acceptors (Lipinski definition) is 4. The van der Waals surface area contributed by atoms with Crippen molar-refractivity contribution in [2.75, 3.05) is 44.7 Å². The first-order valence-electron chi connectivity index (χ1n) is 11.6. The van der Waals surface area contributed by atoms with Crippen LogP contribution in [0.1, 0.15) is 23.6 Å². The Bertz CT molecular complexity index is 1150. The highest BCUT2D eigenvalue weighted by atomic mass is 32.1. The number of aromatic nitrogens is 1. The molecular weight excluding hydrogens is 432 g/mol. The molecule has 0 aliphatic carbocycles. The summed E-state index contributed by atoms with van der Waals surface area (Å²) in [5.41, 5.74) is 4.90. The molecule has 3 aromatic rings. The van der Waals surface area contributed by atoms with Crippen LogP contribution in [0.5, 0.6) is 0 Å². The van der Waals surface area contributed by atoms with E-state index >= 15 is 0 Å². The van der Waals surface area contributed by atoms with Crippen molar-refractivity contribution in [3.63, 3.8) is 0 Å². The van der Waals surface area contributed by atoms with E-state index in [0.717, 1.165) is 62.4 Å². The van der Waals surface area contributed by atoms with Gasteiger partial charge in [0.2, 0.25) is 0 Å². The van der Waals surface area contributed by atoms with Crippen molar-refractivity contribution >= 4 is 33.9 Å². The van der Waals surface area contributed by atoms with Crippen LogP contribution in [0.25, 0.3) is 10.9 Å². The first-order chi connectivity index (χ1) is 16.0. The van der Waals surface area contributed by atoms with E-state index in [9.17, 15) is 4.79 Å². The van der Waals surface area contributed by atoms with E-state index in [0.29, 0.717) is 17.2 Å². The smallest absolute Gasteiger partial charge is 0.253 e. The van der Waals surface area contributed by atoms with E-state index in [1.54, 1.807) is 0 Å². The van der Waals surface area contributed by atoms with E-state index in [-0.39, 0.29) is 5.56 Å². The minimum Gasteiger partial charge on any atom is -0.379 e. The molecule has 1 aliphatic heterocycles. The predicted octanol–water partition coefficient (Wildman–Crippen LogP) is 3.93. The molecule has 0 atom stereocenters. The number of rotatable bonds is 7. The van der Waals surface area contributed by atoms with Crippen molar-refractivity contribution < 1.29 is 4.74 Å². The summed E-state index contributed by atoms with van der Waals surface area (Å²) < 4.78 is 5.47. The number of ether oxygens (including phenoxy) is 1. The van der Waals surface area contributed by atoms with Gasteiger partial charge in [0.25, 0.3) is 5.56 Å². The molecule has 2 heterocycles. The van der Waals surface area contributed by atoms with Gasteiger partial charge in [-0.2, -0.15) is 0 Å². The summed E-state index contributed by atoms with van der Waals surface area (Å²) in [6.07, 6.45) is 0.959. The molecule has 0 spiro atoms. The summed E-state index contributed by atoms with van der Waals surface area (Å²) in [4.78, 5) is 20.4. The third kappa shape index (κ3) is 6.19. The van der Waals surface area contributed by atoms with Gasteiger partial charge in [0.15, 0.2) is 5.11 Å². The second-order valence-electron chi connectivity index (χ2n) is 8.57. The molecule has 174 valence electrons. The zero-order valence-electron chi connectivity index (χ0n) is 19.4. The van der Waals surface area contributed by atoms with Crippen molar-refractivity contribution in [1.29, 1.82) is 0 Å². The Morgan fingerprint density at radius 2 is 1.91 bits per heavy atom. The maximum Gasteiger partial charge on any atom is 0.253 e. The fraction of sp³-hybridized carbons (Fsp3) is 0.385. The van der Waals surface area contributed by atoms with Crippen LogP contribution >= 0.6 is 12.2 Å². The number of fused-ring (bicyclic) bond motifs is 1. The summed E-state index contributed by atoms with van der Waals surface area (Å²) in [7, 11) is 0. The highest BCUT2D eigenvalue weighted by Gasteiger charge is 2.17. The van der Waals surface area contributed by atoms with E-state index in [2.05, 4.69) is 58.2 Å². The van der Waals surface area contributed by atoms with Gasteiger partial charge in [0, 0.05) is 42.9 Å².